The molecule has 2 nitrogen and oxygen atoms in total. The number of Topliss-reactive ketones (excluding diaryl/α,β-unsaturated/α-hetero) is 1. The molecule has 58 valence electrons. The zero-order valence-corrected chi connectivity index (χ0v) is 7.35. The number of hydrogen-bond acceptors (Lipinski definition) is 2. The molecule has 0 aliphatic heterocycles. The van der Waals surface area contributed by atoms with Crippen molar-refractivity contribution < 1.29 is 9.90 Å². The number of ketones is 1. The van der Waals surface area contributed by atoms with E-state index in [1.54, 1.807) is 0 Å². The van der Waals surface area contributed by atoms with Crippen molar-refractivity contribution in [3.63, 3.8) is 0 Å². The average Bonchev–Trinajstić information content (AvgIpc) is 2.36. The molecule has 0 aromatic rings. The molecule has 0 bridgehead atoms. The van der Waals surface area contributed by atoms with Crippen LogP contribution < -0.4 is 0 Å². The Morgan fingerprint density at radius 2 is 2.00 bits per heavy atom. The van der Waals surface area contributed by atoms with Gasteiger partial charge in [-0.3, -0.25) is 4.79 Å². The van der Waals surface area contributed by atoms with Gasteiger partial charge in [-0.05, 0) is 25.7 Å². The maximum absolute atomic E-state index is 11.0. The standard InChI is InChI=1S/C7H11BrO2/c8-5-6(9)7(10)3-1-2-4-7/h10H,1-5H2. The Bertz CT molecular complexity index is 139. The second kappa shape index (κ2) is 3.01. The fraction of sp³-hybridized carbons (Fsp3) is 0.857. The van der Waals surface area contributed by atoms with Crippen molar-refractivity contribution in [3.8, 4) is 0 Å². The number of alkyl halides is 1. The molecule has 10 heavy (non-hydrogen) atoms. The maximum atomic E-state index is 11.0. The van der Waals surface area contributed by atoms with Gasteiger partial charge in [-0.15, -0.1) is 0 Å². The third-order valence-corrected chi connectivity index (χ3v) is 2.58. The summed E-state index contributed by atoms with van der Waals surface area (Å²) in [6.45, 7) is 0. The summed E-state index contributed by atoms with van der Waals surface area (Å²) in [4.78, 5) is 11.0. The van der Waals surface area contributed by atoms with E-state index in [2.05, 4.69) is 15.9 Å². The molecule has 0 saturated heterocycles. The van der Waals surface area contributed by atoms with Crippen LogP contribution in [0.2, 0.25) is 0 Å². The summed E-state index contributed by atoms with van der Waals surface area (Å²) in [6, 6.07) is 0. The van der Waals surface area contributed by atoms with E-state index in [4.69, 9.17) is 0 Å². The predicted molar refractivity (Wildman–Crippen MR) is 42.2 cm³/mol. The van der Waals surface area contributed by atoms with Crippen LogP contribution in [0.15, 0.2) is 0 Å². The van der Waals surface area contributed by atoms with E-state index < -0.39 is 5.60 Å². The lowest BCUT2D eigenvalue weighted by molar-refractivity contribution is -0.133. The average molecular weight is 207 g/mol. The second-order valence-corrected chi connectivity index (χ2v) is 3.36. The van der Waals surface area contributed by atoms with Crippen molar-refractivity contribution >= 4 is 21.7 Å². The van der Waals surface area contributed by atoms with E-state index in [9.17, 15) is 9.90 Å². The lowest BCUT2D eigenvalue weighted by atomic mass is 9.98. The van der Waals surface area contributed by atoms with Crippen LogP contribution in [0.3, 0.4) is 0 Å². The van der Waals surface area contributed by atoms with Crippen molar-refractivity contribution in [1.82, 2.24) is 0 Å². The summed E-state index contributed by atoms with van der Waals surface area (Å²) in [6.07, 6.45) is 3.26. The number of carbonyl (C=O) groups excluding carboxylic acids is 1. The Kier molecular flexibility index (Phi) is 2.47. The maximum Gasteiger partial charge on any atom is 0.174 e. The van der Waals surface area contributed by atoms with Crippen molar-refractivity contribution in [3.05, 3.63) is 0 Å². The minimum Gasteiger partial charge on any atom is -0.382 e. The monoisotopic (exact) mass is 206 g/mol. The van der Waals surface area contributed by atoms with E-state index in [1.165, 1.54) is 0 Å². The first-order chi connectivity index (χ1) is 4.69. The van der Waals surface area contributed by atoms with E-state index in [0.29, 0.717) is 12.8 Å². The smallest absolute Gasteiger partial charge is 0.174 e. The molecule has 0 aromatic carbocycles. The van der Waals surface area contributed by atoms with Crippen molar-refractivity contribution in [1.29, 1.82) is 0 Å². The third kappa shape index (κ3) is 1.40. The van der Waals surface area contributed by atoms with Crippen LogP contribution >= 0.6 is 15.9 Å². The molecule has 1 fully saturated rings. The van der Waals surface area contributed by atoms with Crippen LogP contribution in [-0.2, 0) is 4.79 Å². The number of hydrogen-bond donors (Lipinski definition) is 1. The number of rotatable bonds is 2. The van der Waals surface area contributed by atoms with Crippen LogP contribution in [0, 0.1) is 0 Å². The summed E-state index contributed by atoms with van der Waals surface area (Å²) < 4.78 is 0. The van der Waals surface area contributed by atoms with Gasteiger partial charge in [0.15, 0.2) is 5.78 Å². The van der Waals surface area contributed by atoms with Gasteiger partial charge in [0.2, 0.25) is 0 Å². The molecule has 0 heterocycles. The Morgan fingerprint density at radius 3 is 2.40 bits per heavy atom. The van der Waals surface area contributed by atoms with Crippen LogP contribution in [0.1, 0.15) is 25.7 Å². The Balaban J connectivity index is 2.58. The summed E-state index contributed by atoms with van der Waals surface area (Å²) in [7, 11) is 0. The molecule has 0 aromatic heterocycles. The van der Waals surface area contributed by atoms with Gasteiger partial charge in [-0.25, -0.2) is 0 Å². The first-order valence-corrected chi connectivity index (χ1v) is 4.63. The summed E-state index contributed by atoms with van der Waals surface area (Å²) in [5, 5.41) is 9.86. The van der Waals surface area contributed by atoms with Gasteiger partial charge in [0.1, 0.15) is 5.60 Å². The van der Waals surface area contributed by atoms with E-state index >= 15 is 0 Å². The molecular weight excluding hydrogens is 196 g/mol. The van der Waals surface area contributed by atoms with E-state index in [1.807, 2.05) is 0 Å². The number of aliphatic hydroxyl groups is 1. The topological polar surface area (TPSA) is 37.3 Å². The van der Waals surface area contributed by atoms with Gasteiger partial charge in [-0.2, -0.15) is 0 Å². The zero-order valence-electron chi connectivity index (χ0n) is 5.77. The molecule has 0 amide bonds. The van der Waals surface area contributed by atoms with Gasteiger partial charge in [0, 0.05) is 0 Å². The normalized spacial score (nSPS) is 23.0. The van der Waals surface area contributed by atoms with Gasteiger partial charge in [0.25, 0.3) is 0 Å². The molecule has 1 N–H and O–H groups in total. The molecule has 1 saturated carbocycles. The highest BCUT2D eigenvalue weighted by Crippen LogP contribution is 2.30. The summed E-state index contributed by atoms with van der Waals surface area (Å²) in [5.74, 6) is -0.0648. The van der Waals surface area contributed by atoms with E-state index in [-0.39, 0.29) is 11.1 Å². The third-order valence-electron chi connectivity index (χ3n) is 2.07. The lowest BCUT2D eigenvalue weighted by Gasteiger charge is -2.18. The second-order valence-electron chi connectivity index (χ2n) is 2.80. The fourth-order valence-electron chi connectivity index (χ4n) is 1.36. The first kappa shape index (κ1) is 8.21. The van der Waals surface area contributed by atoms with Gasteiger partial charge >= 0.3 is 0 Å². The lowest BCUT2D eigenvalue weighted by Crippen LogP contribution is -2.36. The van der Waals surface area contributed by atoms with Gasteiger partial charge in [0.05, 0.1) is 5.33 Å². The largest absolute Gasteiger partial charge is 0.382 e. The molecule has 1 rings (SSSR count). The SMILES string of the molecule is O=C(CBr)C1(O)CCCC1. The highest BCUT2D eigenvalue weighted by Gasteiger charge is 2.37. The highest BCUT2D eigenvalue weighted by atomic mass is 79.9. The molecule has 0 atom stereocenters. The summed E-state index contributed by atoms with van der Waals surface area (Å²) >= 11 is 3.05. The fourth-order valence-corrected chi connectivity index (χ4v) is 1.88. The predicted octanol–water partition coefficient (Wildman–Crippen LogP) is 1.26. The molecular formula is C7H11BrO2. The molecule has 3 heteroatoms. The Morgan fingerprint density at radius 1 is 1.50 bits per heavy atom. The quantitative estimate of drug-likeness (QED) is 0.692. The highest BCUT2D eigenvalue weighted by molar-refractivity contribution is 9.09. The first-order valence-electron chi connectivity index (χ1n) is 3.51. The Labute approximate surface area is 68.7 Å². The van der Waals surface area contributed by atoms with Gasteiger partial charge in [-0.1, -0.05) is 15.9 Å². The zero-order chi connectivity index (χ0) is 7.61. The van der Waals surface area contributed by atoms with Crippen molar-refractivity contribution in [2.45, 2.75) is 31.3 Å². The van der Waals surface area contributed by atoms with Crippen molar-refractivity contribution in [2.24, 2.45) is 0 Å². The molecule has 1 aliphatic rings. The van der Waals surface area contributed by atoms with Crippen LogP contribution in [0.5, 0.6) is 0 Å². The van der Waals surface area contributed by atoms with Crippen LogP contribution in [-0.4, -0.2) is 21.8 Å². The Hall–Kier alpha value is 0.110. The van der Waals surface area contributed by atoms with E-state index in [0.717, 1.165) is 12.8 Å². The van der Waals surface area contributed by atoms with Crippen molar-refractivity contribution in [2.75, 3.05) is 5.33 Å². The number of halogens is 1. The molecule has 0 spiro atoms. The minimum absolute atomic E-state index is 0.0648. The molecule has 0 unspecified atom stereocenters. The summed E-state index contributed by atoms with van der Waals surface area (Å²) in [5.41, 5.74) is -0.983. The van der Waals surface area contributed by atoms with Crippen LogP contribution in [0.25, 0.3) is 0 Å². The molecule has 0 radical (unpaired) electrons. The van der Waals surface area contributed by atoms with Crippen LogP contribution in [0.4, 0.5) is 0 Å². The minimum atomic E-state index is -0.983. The molecule has 1 aliphatic carbocycles. The van der Waals surface area contributed by atoms with Gasteiger partial charge < -0.3 is 5.11 Å². The number of carbonyl (C=O) groups is 1.